The Kier molecular flexibility index (Phi) is 5.03. The summed E-state index contributed by atoms with van der Waals surface area (Å²) in [5.41, 5.74) is 1.27. The van der Waals surface area contributed by atoms with Gasteiger partial charge in [-0.25, -0.2) is 0 Å². The average Bonchev–Trinajstić information content (AvgIpc) is 2.42. The van der Waals surface area contributed by atoms with Crippen LogP contribution in [0.25, 0.3) is 0 Å². The predicted octanol–water partition coefficient (Wildman–Crippen LogP) is 3.07. The van der Waals surface area contributed by atoms with Crippen molar-refractivity contribution in [2.24, 2.45) is 0 Å². The molecular formula is C14H20BrNO2. The summed E-state index contributed by atoms with van der Waals surface area (Å²) in [5, 5.41) is 0. The molecule has 0 spiro atoms. The van der Waals surface area contributed by atoms with Gasteiger partial charge in [-0.15, -0.1) is 0 Å². The van der Waals surface area contributed by atoms with Gasteiger partial charge in [0.25, 0.3) is 0 Å². The standard InChI is InChI=1S/C14H20BrNO2/c1-16(12-5-7-18-8-6-12)10-11-9-13(17-2)3-4-14(11)15/h3-4,9,12H,5-8,10H2,1-2H3. The molecule has 1 heterocycles. The number of rotatable bonds is 4. The van der Waals surface area contributed by atoms with Crippen LogP contribution in [0.4, 0.5) is 0 Å². The minimum Gasteiger partial charge on any atom is -0.497 e. The maximum absolute atomic E-state index is 5.40. The van der Waals surface area contributed by atoms with Gasteiger partial charge in [-0.05, 0) is 43.7 Å². The van der Waals surface area contributed by atoms with E-state index in [4.69, 9.17) is 9.47 Å². The zero-order chi connectivity index (χ0) is 13.0. The first-order valence-electron chi connectivity index (χ1n) is 6.31. The summed E-state index contributed by atoms with van der Waals surface area (Å²) < 4.78 is 11.8. The molecule has 4 heteroatoms. The van der Waals surface area contributed by atoms with Gasteiger partial charge in [-0.3, -0.25) is 4.90 Å². The van der Waals surface area contributed by atoms with E-state index in [2.05, 4.69) is 33.9 Å². The Balaban J connectivity index is 2.03. The smallest absolute Gasteiger partial charge is 0.119 e. The molecule has 0 atom stereocenters. The highest BCUT2D eigenvalue weighted by Crippen LogP contribution is 2.25. The van der Waals surface area contributed by atoms with Crippen molar-refractivity contribution in [2.45, 2.75) is 25.4 Å². The van der Waals surface area contributed by atoms with Crippen LogP contribution in [0.3, 0.4) is 0 Å². The number of ether oxygens (including phenoxy) is 2. The second kappa shape index (κ2) is 6.55. The van der Waals surface area contributed by atoms with E-state index in [9.17, 15) is 0 Å². The molecule has 1 aliphatic rings. The second-order valence-electron chi connectivity index (χ2n) is 4.72. The van der Waals surface area contributed by atoms with Crippen molar-refractivity contribution in [3.63, 3.8) is 0 Å². The molecule has 0 amide bonds. The summed E-state index contributed by atoms with van der Waals surface area (Å²) in [6.07, 6.45) is 2.25. The van der Waals surface area contributed by atoms with E-state index in [-0.39, 0.29) is 0 Å². The monoisotopic (exact) mass is 313 g/mol. The van der Waals surface area contributed by atoms with Gasteiger partial charge < -0.3 is 9.47 Å². The molecule has 0 aliphatic carbocycles. The molecule has 100 valence electrons. The van der Waals surface area contributed by atoms with Gasteiger partial charge >= 0.3 is 0 Å². The fourth-order valence-electron chi connectivity index (χ4n) is 2.32. The summed E-state index contributed by atoms with van der Waals surface area (Å²) in [6.45, 7) is 2.70. The molecule has 1 fully saturated rings. The molecule has 1 aromatic carbocycles. The third-order valence-corrected chi connectivity index (χ3v) is 4.26. The lowest BCUT2D eigenvalue weighted by Crippen LogP contribution is -2.36. The van der Waals surface area contributed by atoms with E-state index in [0.29, 0.717) is 6.04 Å². The lowest BCUT2D eigenvalue weighted by molar-refractivity contribution is 0.0406. The van der Waals surface area contributed by atoms with Crippen LogP contribution >= 0.6 is 15.9 Å². The molecule has 1 saturated heterocycles. The Morgan fingerprint density at radius 2 is 2.11 bits per heavy atom. The Morgan fingerprint density at radius 1 is 1.39 bits per heavy atom. The van der Waals surface area contributed by atoms with Gasteiger partial charge in [-0.2, -0.15) is 0 Å². The van der Waals surface area contributed by atoms with Crippen LogP contribution in [0, 0.1) is 0 Å². The highest BCUT2D eigenvalue weighted by atomic mass is 79.9. The van der Waals surface area contributed by atoms with Crippen molar-refractivity contribution in [2.75, 3.05) is 27.4 Å². The quantitative estimate of drug-likeness (QED) is 0.852. The average molecular weight is 314 g/mol. The van der Waals surface area contributed by atoms with Crippen molar-refractivity contribution in [1.29, 1.82) is 0 Å². The van der Waals surface area contributed by atoms with E-state index in [0.717, 1.165) is 42.8 Å². The van der Waals surface area contributed by atoms with Crippen LogP contribution in [-0.4, -0.2) is 38.3 Å². The molecule has 0 aromatic heterocycles. The van der Waals surface area contributed by atoms with Crippen LogP contribution in [0.15, 0.2) is 22.7 Å². The highest BCUT2D eigenvalue weighted by molar-refractivity contribution is 9.10. The lowest BCUT2D eigenvalue weighted by atomic mass is 10.1. The van der Waals surface area contributed by atoms with Gasteiger partial charge in [0.15, 0.2) is 0 Å². The number of hydrogen-bond donors (Lipinski definition) is 0. The third kappa shape index (κ3) is 3.46. The minimum absolute atomic E-state index is 0.622. The number of halogens is 1. The van der Waals surface area contributed by atoms with Crippen molar-refractivity contribution in [1.82, 2.24) is 4.90 Å². The van der Waals surface area contributed by atoms with Crippen molar-refractivity contribution >= 4 is 15.9 Å². The Morgan fingerprint density at radius 3 is 2.78 bits per heavy atom. The molecule has 3 nitrogen and oxygen atoms in total. The van der Waals surface area contributed by atoms with Gasteiger partial charge in [0.2, 0.25) is 0 Å². The first-order chi connectivity index (χ1) is 8.70. The predicted molar refractivity (Wildman–Crippen MR) is 76.0 cm³/mol. The molecule has 0 N–H and O–H groups in total. The zero-order valence-electron chi connectivity index (χ0n) is 11.0. The largest absolute Gasteiger partial charge is 0.497 e. The topological polar surface area (TPSA) is 21.7 Å². The second-order valence-corrected chi connectivity index (χ2v) is 5.57. The minimum atomic E-state index is 0.622. The maximum Gasteiger partial charge on any atom is 0.119 e. The van der Waals surface area contributed by atoms with E-state index in [1.807, 2.05) is 12.1 Å². The number of hydrogen-bond acceptors (Lipinski definition) is 3. The molecule has 0 radical (unpaired) electrons. The van der Waals surface area contributed by atoms with E-state index in [1.165, 1.54) is 5.56 Å². The SMILES string of the molecule is COc1ccc(Br)c(CN(C)C2CCOCC2)c1. The summed E-state index contributed by atoms with van der Waals surface area (Å²) in [4.78, 5) is 2.40. The van der Waals surface area contributed by atoms with Gasteiger partial charge in [0.1, 0.15) is 5.75 Å². The molecule has 18 heavy (non-hydrogen) atoms. The number of benzene rings is 1. The molecule has 0 unspecified atom stereocenters. The van der Waals surface area contributed by atoms with Crippen LogP contribution < -0.4 is 4.74 Å². The third-order valence-electron chi connectivity index (χ3n) is 3.49. The Hall–Kier alpha value is -0.580. The zero-order valence-corrected chi connectivity index (χ0v) is 12.6. The maximum atomic E-state index is 5.40. The van der Waals surface area contributed by atoms with Crippen molar-refractivity contribution < 1.29 is 9.47 Å². The normalized spacial score (nSPS) is 17.1. The first-order valence-corrected chi connectivity index (χ1v) is 7.10. The van der Waals surface area contributed by atoms with Crippen molar-refractivity contribution in [3.05, 3.63) is 28.2 Å². The summed E-state index contributed by atoms with van der Waals surface area (Å²) in [5.74, 6) is 0.911. The fourth-order valence-corrected chi connectivity index (χ4v) is 2.69. The summed E-state index contributed by atoms with van der Waals surface area (Å²) in [6, 6.07) is 6.74. The van der Waals surface area contributed by atoms with E-state index < -0.39 is 0 Å². The van der Waals surface area contributed by atoms with Crippen LogP contribution in [0.1, 0.15) is 18.4 Å². The van der Waals surface area contributed by atoms with Crippen LogP contribution in [-0.2, 0) is 11.3 Å². The number of methoxy groups -OCH3 is 1. The molecule has 0 bridgehead atoms. The molecule has 0 saturated carbocycles. The van der Waals surface area contributed by atoms with Crippen LogP contribution in [0.5, 0.6) is 5.75 Å². The van der Waals surface area contributed by atoms with Crippen molar-refractivity contribution in [3.8, 4) is 5.75 Å². The lowest BCUT2D eigenvalue weighted by Gasteiger charge is -2.31. The molecule has 1 aliphatic heterocycles. The van der Waals surface area contributed by atoms with Gasteiger partial charge in [0, 0.05) is 30.3 Å². The highest BCUT2D eigenvalue weighted by Gasteiger charge is 2.19. The first kappa shape index (κ1) is 13.8. The van der Waals surface area contributed by atoms with E-state index >= 15 is 0 Å². The van der Waals surface area contributed by atoms with Crippen LogP contribution in [0.2, 0.25) is 0 Å². The number of nitrogens with zero attached hydrogens (tertiary/aromatic N) is 1. The molecule has 2 rings (SSSR count). The Labute approximate surface area is 117 Å². The summed E-state index contributed by atoms with van der Waals surface area (Å²) >= 11 is 3.61. The molecule has 1 aromatic rings. The fraction of sp³-hybridized carbons (Fsp3) is 0.571. The molecular weight excluding hydrogens is 294 g/mol. The summed E-state index contributed by atoms with van der Waals surface area (Å²) in [7, 11) is 3.89. The van der Waals surface area contributed by atoms with Gasteiger partial charge in [-0.1, -0.05) is 15.9 Å². The van der Waals surface area contributed by atoms with Gasteiger partial charge in [0.05, 0.1) is 7.11 Å². The Bertz CT molecular complexity index is 391. The van der Waals surface area contributed by atoms with E-state index in [1.54, 1.807) is 7.11 Å².